The predicted molar refractivity (Wildman–Crippen MR) is 83.1 cm³/mol. The number of hydrogen-bond donors (Lipinski definition) is 1. The lowest BCUT2D eigenvalue weighted by molar-refractivity contribution is 0.0659. The number of carbonyl (C=O) groups is 1. The lowest BCUT2D eigenvalue weighted by Gasteiger charge is -2.23. The van der Waals surface area contributed by atoms with Crippen molar-refractivity contribution in [1.82, 2.24) is 8.61 Å². The third-order valence-electron chi connectivity index (χ3n) is 4.91. The first-order chi connectivity index (χ1) is 10.9. The molecule has 0 aromatic carbocycles. The van der Waals surface area contributed by atoms with Gasteiger partial charge in [-0.05, 0) is 36.8 Å². The minimum absolute atomic E-state index is 0.0292. The molecule has 0 unspecified atom stereocenters. The third kappa shape index (κ3) is 3.29. The summed E-state index contributed by atoms with van der Waals surface area (Å²) in [5.74, 6) is -0.0586. The standard InChI is InChI=1S/C15H22N2O5S/c1-16(10-13-6-7-14(22-13)15(18)19)23(20,21)17-8-11-4-2-3-5-12(11)9-17/h6-7,11-12H,2-5,8-10H2,1H3,(H,18,19)/t11-,12+. The molecule has 1 aliphatic heterocycles. The summed E-state index contributed by atoms with van der Waals surface area (Å²) in [5.41, 5.74) is 0. The number of fused-ring (bicyclic) bond motifs is 1. The number of furan rings is 1. The average Bonchev–Trinajstić information content (AvgIpc) is 3.13. The topological polar surface area (TPSA) is 91.1 Å². The molecule has 128 valence electrons. The Morgan fingerprint density at radius 3 is 2.43 bits per heavy atom. The van der Waals surface area contributed by atoms with Crippen LogP contribution in [0.3, 0.4) is 0 Å². The van der Waals surface area contributed by atoms with Gasteiger partial charge in [-0.3, -0.25) is 0 Å². The van der Waals surface area contributed by atoms with E-state index in [2.05, 4.69) is 0 Å². The summed E-state index contributed by atoms with van der Waals surface area (Å²) in [6, 6.07) is 2.84. The minimum Gasteiger partial charge on any atom is -0.475 e. The van der Waals surface area contributed by atoms with E-state index in [-0.39, 0.29) is 12.3 Å². The summed E-state index contributed by atoms with van der Waals surface area (Å²) in [5, 5.41) is 8.85. The maximum atomic E-state index is 12.7. The predicted octanol–water partition coefficient (Wildman–Crippen LogP) is 1.78. The minimum atomic E-state index is -3.55. The Morgan fingerprint density at radius 1 is 1.30 bits per heavy atom. The Morgan fingerprint density at radius 2 is 1.91 bits per heavy atom. The molecule has 3 rings (SSSR count). The largest absolute Gasteiger partial charge is 0.475 e. The molecule has 2 aliphatic rings. The number of carboxylic acid groups (broad SMARTS) is 1. The molecule has 1 aliphatic carbocycles. The van der Waals surface area contributed by atoms with E-state index >= 15 is 0 Å². The van der Waals surface area contributed by atoms with Crippen LogP contribution in [0.25, 0.3) is 0 Å². The van der Waals surface area contributed by atoms with Gasteiger partial charge in [0.15, 0.2) is 0 Å². The van der Waals surface area contributed by atoms with Crippen molar-refractivity contribution in [1.29, 1.82) is 0 Å². The molecule has 0 radical (unpaired) electrons. The molecule has 2 atom stereocenters. The molecule has 2 fully saturated rings. The number of rotatable bonds is 5. The molecule has 23 heavy (non-hydrogen) atoms. The molecule has 0 bridgehead atoms. The molecular weight excluding hydrogens is 320 g/mol. The fraction of sp³-hybridized carbons (Fsp3) is 0.667. The molecule has 0 spiro atoms. The second-order valence-corrected chi connectivity index (χ2v) is 8.49. The van der Waals surface area contributed by atoms with Crippen molar-refractivity contribution in [3.63, 3.8) is 0 Å². The van der Waals surface area contributed by atoms with Crippen LogP contribution in [-0.4, -0.2) is 48.2 Å². The normalized spacial score (nSPS) is 25.7. The average molecular weight is 342 g/mol. The van der Waals surface area contributed by atoms with Crippen molar-refractivity contribution >= 4 is 16.2 Å². The van der Waals surface area contributed by atoms with E-state index in [1.807, 2.05) is 0 Å². The van der Waals surface area contributed by atoms with Crippen molar-refractivity contribution < 1.29 is 22.7 Å². The number of carboxylic acids is 1. The summed E-state index contributed by atoms with van der Waals surface area (Å²) < 4.78 is 33.4. The van der Waals surface area contributed by atoms with Crippen LogP contribution in [0.1, 0.15) is 42.0 Å². The van der Waals surface area contributed by atoms with Gasteiger partial charge < -0.3 is 9.52 Å². The van der Waals surface area contributed by atoms with Gasteiger partial charge in [-0.1, -0.05) is 12.8 Å². The van der Waals surface area contributed by atoms with Crippen molar-refractivity contribution in [2.45, 2.75) is 32.2 Å². The molecular formula is C15H22N2O5S. The van der Waals surface area contributed by atoms with Crippen LogP contribution in [0.2, 0.25) is 0 Å². The highest BCUT2D eigenvalue weighted by molar-refractivity contribution is 7.86. The molecule has 1 aromatic heterocycles. The van der Waals surface area contributed by atoms with Gasteiger partial charge in [0, 0.05) is 20.1 Å². The number of aromatic carboxylic acids is 1. The Hall–Kier alpha value is -1.38. The maximum Gasteiger partial charge on any atom is 0.371 e. The van der Waals surface area contributed by atoms with Gasteiger partial charge >= 0.3 is 5.97 Å². The van der Waals surface area contributed by atoms with Crippen molar-refractivity contribution in [2.24, 2.45) is 11.8 Å². The lowest BCUT2D eigenvalue weighted by atomic mass is 9.82. The van der Waals surface area contributed by atoms with Crippen molar-refractivity contribution in [3.8, 4) is 0 Å². The van der Waals surface area contributed by atoms with E-state index in [0.717, 1.165) is 12.8 Å². The van der Waals surface area contributed by atoms with Gasteiger partial charge in [0.2, 0.25) is 5.76 Å². The van der Waals surface area contributed by atoms with Gasteiger partial charge in [0.25, 0.3) is 10.2 Å². The Balaban J connectivity index is 1.67. The van der Waals surface area contributed by atoms with Crippen LogP contribution in [0, 0.1) is 11.8 Å². The molecule has 1 N–H and O–H groups in total. The summed E-state index contributed by atoms with van der Waals surface area (Å²) >= 11 is 0. The highest BCUT2D eigenvalue weighted by atomic mass is 32.2. The highest BCUT2D eigenvalue weighted by Crippen LogP contribution is 2.37. The van der Waals surface area contributed by atoms with Crippen molar-refractivity contribution in [2.75, 3.05) is 20.1 Å². The Kier molecular flexibility index (Phi) is 4.48. The summed E-state index contributed by atoms with van der Waals surface area (Å²) in [6.07, 6.45) is 4.60. The first-order valence-corrected chi connectivity index (χ1v) is 9.31. The van der Waals surface area contributed by atoms with Crippen molar-refractivity contribution in [3.05, 3.63) is 23.7 Å². The molecule has 0 amide bonds. The van der Waals surface area contributed by atoms with E-state index in [9.17, 15) is 13.2 Å². The molecule has 8 heteroatoms. The smallest absolute Gasteiger partial charge is 0.371 e. The molecule has 1 saturated heterocycles. The molecule has 1 saturated carbocycles. The van der Waals surface area contributed by atoms with E-state index in [4.69, 9.17) is 9.52 Å². The first kappa shape index (κ1) is 16.5. The zero-order chi connectivity index (χ0) is 16.6. The van der Waals surface area contributed by atoms with Crippen LogP contribution in [-0.2, 0) is 16.8 Å². The van der Waals surface area contributed by atoms with E-state index in [0.29, 0.717) is 30.7 Å². The summed E-state index contributed by atoms with van der Waals surface area (Å²) in [7, 11) is -2.05. The van der Waals surface area contributed by atoms with Crippen LogP contribution in [0.15, 0.2) is 16.5 Å². The van der Waals surface area contributed by atoms with Gasteiger partial charge in [0.05, 0.1) is 6.54 Å². The SMILES string of the molecule is CN(Cc1ccc(C(=O)O)o1)S(=O)(=O)N1C[C@H]2CCCC[C@H]2C1. The fourth-order valence-corrected chi connectivity index (χ4v) is 5.07. The Bertz CT molecular complexity index is 670. The van der Waals surface area contributed by atoms with Crippen LogP contribution in [0.5, 0.6) is 0 Å². The zero-order valence-corrected chi connectivity index (χ0v) is 14.0. The first-order valence-electron chi connectivity index (χ1n) is 7.91. The monoisotopic (exact) mass is 342 g/mol. The molecule has 7 nitrogen and oxygen atoms in total. The van der Waals surface area contributed by atoms with Gasteiger partial charge in [-0.15, -0.1) is 0 Å². The quantitative estimate of drug-likeness (QED) is 0.881. The van der Waals surface area contributed by atoms with Gasteiger partial charge in [0.1, 0.15) is 5.76 Å². The summed E-state index contributed by atoms with van der Waals surface area (Å²) in [6.45, 7) is 1.22. The summed E-state index contributed by atoms with van der Waals surface area (Å²) in [4.78, 5) is 10.8. The fourth-order valence-electron chi connectivity index (χ4n) is 3.63. The third-order valence-corrected chi connectivity index (χ3v) is 6.78. The molecule has 1 aromatic rings. The van der Waals surface area contributed by atoms with E-state index < -0.39 is 16.2 Å². The number of hydrogen-bond acceptors (Lipinski definition) is 4. The Labute approximate surface area is 136 Å². The van der Waals surface area contributed by atoms with Crippen LogP contribution >= 0.6 is 0 Å². The zero-order valence-electron chi connectivity index (χ0n) is 13.1. The lowest BCUT2D eigenvalue weighted by Crippen LogP contribution is -2.40. The maximum absolute atomic E-state index is 12.7. The van der Waals surface area contributed by atoms with E-state index in [1.165, 1.54) is 36.3 Å². The number of nitrogens with zero attached hydrogens (tertiary/aromatic N) is 2. The van der Waals surface area contributed by atoms with E-state index in [1.54, 1.807) is 4.31 Å². The van der Waals surface area contributed by atoms with Crippen LogP contribution < -0.4 is 0 Å². The molecule has 2 heterocycles. The second-order valence-electron chi connectivity index (χ2n) is 6.46. The highest BCUT2D eigenvalue weighted by Gasteiger charge is 2.41. The second kappa shape index (κ2) is 6.26. The van der Waals surface area contributed by atoms with Gasteiger partial charge in [-0.25, -0.2) is 4.79 Å². The van der Waals surface area contributed by atoms with Crippen LogP contribution in [0.4, 0.5) is 0 Å². The van der Waals surface area contributed by atoms with Gasteiger partial charge in [-0.2, -0.15) is 17.0 Å².